The second-order valence-corrected chi connectivity index (χ2v) is 5.49. The molecule has 88 valence electrons. The normalized spacial score (nSPS) is 24.0. The number of rotatable bonds is 3. The van der Waals surface area contributed by atoms with Crippen LogP contribution in [0.25, 0.3) is 0 Å². The topological polar surface area (TPSA) is 29.3 Å². The molecule has 1 aromatic rings. The molecule has 1 saturated carbocycles. The molecule has 16 heavy (non-hydrogen) atoms. The van der Waals surface area contributed by atoms with Crippen molar-refractivity contribution in [3.05, 3.63) is 28.5 Å². The molecule has 1 aromatic carbocycles. The zero-order valence-corrected chi connectivity index (χ0v) is 10.9. The van der Waals surface area contributed by atoms with Crippen molar-refractivity contribution >= 4 is 21.6 Å². The number of nitrogens with two attached hydrogens (primary N) is 1. The van der Waals surface area contributed by atoms with Crippen LogP contribution in [-0.4, -0.2) is 19.6 Å². The summed E-state index contributed by atoms with van der Waals surface area (Å²) in [5.74, 6) is 0.438. The largest absolute Gasteiger partial charge is 0.372 e. The van der Waals surface area contributed by atoms with Crippen molar-refractivity contribution in [2.45, 2.75) is 18.9 Å². The maximum atomic E-state index is 13.6. The molecular weight excluding hydrogens is 271 g/mol. The highest BCUT2D eigenvalue weighted by Crippen LogP contribution is 2.29. The van der Waals surface area contributed by atoms with Crippen LogP contribution in [0.1, 0.15) is 12.8 Å². The van der Waals surface area contributed by atoms with E-state index in [9.17, 15) is 4.39 Å². The van der Waals surface area contributed by atoms with Gasteiger partial charge in [-0.05, 0) is 37.0 Å². The number of halogens is 2. The minimum Gasteiger partial charge on any atom is -0.372 e. The Labute approximate surface area is 104 Å². The first kappa shape index (κ1) is 11.9. The third-order valence-corrected chi connectivity index (χ3v) is 3.62. The zero-order chi connectivity index (χ0) is 11.7. The quantitative estimate of drug-likeness (QED) is 0.926. The van der Waals surface area contributed by atoms with Crippen molar-refractivity contribution in [3.63, 3.8) is 0 Å². The molecule has 0 amide bonds. The van der Waals surface area contributed by atoms with Crippen LogP contribution < -0.4 is 10.6 Å². The summed E-state index contributed by atoms with van der Waals surface area (Å²) in [4.78, 5) is 1.97. The summed E-state index contributed by atoms with van der Waals surface area (Å²) in [6.45, 7) is 0.876. The Kier molecular flexibility index (Phi) is 3.50. The maximum absolute atomic E-state index is 13.6. The van der Waals surface area contributed by atoms with Crippen LogP contribution in [0.3, 0.4) is 0 Å². The van der Waals surface area contributed by atoms with Crippen molar-refractivity contribution in [1.29, 1.82) is 0 Å². The van der Waals surface area contributed by atoms with E-state index in [0.717, 1.165) is 23.9 Å². The molecule has 0 aliphatic heterocycles. The van der Waals surface area contributed by atoms with Crippen LogP contribution in [0.4, 0.5) is 10.1 Å². The van der Waals surface area contributed by atoms with Gasteiger partial charge in [-0.15, -0.1) is 0 Å². The summed E-state index contributed by atoms with van der Waals surface area (Å²) in [6, 6.07) is 5.37. The Balaban J connectivity index is 2.02. The van der Waals surface area contributed by atoms with Crippen LogP contribution >= 0.6 is 15.9 Å². The van der Waals surface area contributed by atoms with Gasteiger partial charge in [0.1, 0.15) is 5.82 Å². The van der Waals surface area contributed by atoms with Crippen molar-refractivity contribution in [1.82, 2.24) is 0 Å². The van der Waals surface area contributed by atoms with E-state index in [1.54, 1.807) is 6.07 Å². The lowest BCUT2D eigenvalue weighted by atomic mass is 9.80. The molecule has 0 aromatic heterocycles. The summed E-state index contributed by atoms with van der Waals surface area (Å²) in [5.41, 5.74) is 6.39. The molecule has 0 heterocycles. The highest BCUT2D eigenvalue weighted by molar-refractivity contribution is 9.10. The molecule has 0 saturated heterocycles. The molecule has 0 atom stereocenters. The van der Waals surface area contributed by atoms with E-state index in [2.05, 4.69) is 15.9 Å². The Bertz CT molecular complexity index is 377. The van der Waals surface area contributed by atoms with Crippen molar-refractivity contribution in [3.8, 4) is 0 Å². The minimum atomic E-state index is -0.172. The van der Waals surface area contributed by atoms with Gasteiger partial charge >= 0.3 is 0 Å². The molecule has 2 N–H and O–H groups in total. The predicted molar refractivity (Wildman–Crippen MR) is 68.1 cm³/mol. The van der Waals surface area contributed by atoms with E-state index >= 15 is 0 Å². The van der Waals surface area contributed by atoms with Gasteiger partial charge in [-0.1, -0.05) is 15.9 Å². The van der Waals surface area contributed by atoms with E-state index < -0.39 is 0 Å². The van der Waals surface area contributed by atoms with E-state index in [0.29, 0.717) is 17.6 Å². The molecule has 2 rings (SSSR count). The first-order valence-corrected chi connectivity index (χ1v) is 6.27. The van der Waals surface area contributed by atoms with Crippen LogP contribution in [0, 0.1) is 11.7 Å². The Morgan fingerprint density at radius 2 is 2.19 bits per heavy atom. The van der Waals surface area contributed by atoms with Gasteiger partial charge in [0.25, 0.3) is 0 Å². The highest BCUT2D eigenvalue weighted by Gasteiger charge is 2.27. The average Bonchev–Trinajstić information content (AvgIpc) is 2.19. The lowest BCUT2D eigenvalue weighted by Crippen LogP contribution is -2.42. The van der Waals surface area contributed by atoms with Gasteiger partial charge in [0.15, 0.2) is 0 Å². The SMILES string of the molecule is CN(CC1CC(N)C1)c1cc(Br)ccc1F. The van der Waals surface area contributed by atoms with E-state index in [1.807, 2.05) is 18.0 Å². The zero-order valence-electron chi connectivity index (χ0n) is 9.29. The van der Waals surface area contributed by atoms with E-state index in [1.165, 1.54) is 6.07 Å². The van der Waals surface area contributed by atoms with E-state index in [-0.39, 0.29) is 5.82 Å². The molecule has 2 nitrogen and oxygen atoms in total. The molecule has 0 bridgehead atoms. The van der Waals surface area contributed by atoms with Gasteiger partial charge in [-0.3, -0.25) is 0 Å². The van der Waals surface area contributed by atoms with Crippen LogP contribution in [0.2, 0.25) is 0 Å². The van der Waals surface area contributed by atoms with E-state index in [4.69, 9.17) is 5.73 Å². The first-order valence-electron chi connectivity index (χ1n) is 5.48. The Hall–Kier alpha value is -0.610. The van der Waals surface area contributed by atoms with Crippen molar-refractivity contribution < 1.29 is 4.39 Å². The number of benzene rings is 1. The summed E-state index contributed by atoms with van der Waals surface area (Å²) in [7, 11) is 1.93. The molecule has 0 spiro atoms. The first-order chi connectivity index (χ1) is 7.56. The molecular formula is C12H16BrFN2. The van der Waals surface area contributed by atoms with Crippen LogP contribution in [0.5, 0.6) is 0 Å². The maximum Gasteiger partial charge on any atom is 0.146 e. The fraction of sp³-hybridized carbons (Fsp3) is 0.500. The van der Waals surface area contributed by atoms with Gasteiger partial charge < -0.3 is 10.6 Å². The molecule has 0 unspecified atom stereocenters. The predicted octanol–water partition coefficient (Wildman–Crippen LogP) is 2.76. The standard InChI is InChI=1S/C12H16BrFN2/c1-16(7-8-4-10(15)5-8)12-6-9(13)2-3-11(12)14/h2-3,6,8,10H,4-5,7,15H2,1H3. The van der Waals surface area contributed by atoms with Gasteiger partial charge in [-0.25, -0.2) is 4.39 Å². The summed E-state index contributed by atoms with van der Waals surface area (Å²) in [5, 5.41) is 0. The average molecular weight is 287 g/mol. The van der Waals surface area contributed by atoms with Gasteiger partial charge in [0.05, 0.1) is 5.69 Å². The lowest BCUT2D eigenvalue weighted by Gasteiger charge is -2.36. The molecule has 1 fully saturated rings. The Morgan fingerprint density at radius 3 is 2.81 bits per heavy atom. The summed E-state index contributed by atoms with van der Waals surface area (Å²) >= 11 is 3.36. The molecule has 1 aliphatic carbocycles. The number of hydrogen-bond acceptors (Lipinski definition) is 2. The fourth-order valence-electron chi connectivity index (χ4n) is 2.20. The van der Waals surface area contributed by atoms with Crippen molar-refractivity contribution in [2.24, 2.45) is 11.7 Å². The fourth-order valence-corrected chi connectivity index (χ4v) is 2.55. The molecule has 4 heteroatoms. The number of anilines is 1. The second-order valence-electron chi connectivity index (χ2n) is 4.57. The third-order valence-electron chi connectivity index (χ3n) is 3.12. The van der Waals surface area contributed by atoms with Crippen LogP contribution in [-0.2, 0) is 0 Å². The summed E-state index contributed by atoms with van der Waals surface area (Å²) < 4.78 is 14.5. The third kappa shape index (κ3) is 2.55. The smallest absolute Gasteiger partial charge is 0.146 e. The van der Waals surface area contributed by atoms with Gasteiger partial charge in [0.2, 0.25) is 0 Å². The summed E-state index contributed by atoms with van der Waals surface area (Å²) in [6.07, 6.45) is 2.11. The number of nitrogens with zero attached hydrogens (tertiary/aromatic N) is 1. The van der Waals surface area contributed by atoms with Gasteiger partial charge in [-0.2, -0.15) is 0 Å². The van der Waals surface area contributed by atoms with Crippen molar-refractivity contribution in [2.75, 3.05) is 18.5 Å². The molecule has 0 radical (unpaired) electrons. The minimum absolute atomic E-state index is 0.172. The lowest BCUT2D eigenvalue weighted by molar-refractivity contribution is 0.270. The highest BCUT2D eigenvalue weighted by atomic mass is 79.9. The van der Waals surface area contributed by atoms with Crippen LogP contribution in [0.15, 0.2) is 22.7 Å². The second kappa shape index (κ2) is 4.72. The number of hydrogen-bond donors (Lipinski definition) is 1. The van der Waals surface area contributed by atoms with Gasteiger partial charge in [0, 0.05) is 24.1 Å². The molecule has 1 aliphatic rings. The monoisotopic (exact) mass is 286 g/mol. The Morgan fingerprint density at radius 1 is 1.50 bits per heavy atom.